The van der Waals surface area contributed by atoms with Gasteiger partial charge in [0, 0.05) is 23.5 Å². The van der Waals surface area contributed by atoms with E-state index in [0.29, 0.717) is 28.4 Å². The fourth-order valence-corrected chi connectivity index (χ4v) is 4.21. The van der Waals surface area contributed by atoms with Crippen molar-refractivity contribution in [2.24, 2.45) is 0 Å². The molecule has 36 heavy (non-hydrogen) atoms. The largest absolute Gasteiger partial charge is 0.463 e. The van der Waals surface area contributed by atoms with Crippen molar-refractivity contribution < 1.29 is 24.2 Å². The highest BCUT2D eigenvalue weighted by Crippen LogP contribution is 2.40. The molecule has 2 aromatic carbocycles. The Morgan fingerprint density at radius 3 is 2.42 bits per heavy atom. The summed E-state index contributed by atoms with van der Waals surface area (Å²) in [6.07, 6.45) is 0. The molecule has 0 spiro atoms. The molecular weight excluding hydrogens is 482 g/mol. The maximum Gasteiger partial charge on any atom is 0.336 e. The monoisotopic (exact) mass is 509 g/mol. The molecule has 1 unspecified atom stereocenters. The van der Waals surface area contributed by atoms with Crippen molar-refractivity contribution in [3.63, 3.8) is 0 Å². The maximum atomic E-state index is 13.4. The summed E-state index contributed by atoms with van der Waals surface area (Å²) in [5.41, 5.74) is 2.52. The van der Waals surface area contributed by atoms with E-state index in [1.165, 1.54) is 0 Å². The molecule has 2 aromatic rings. The number of likely N-dealkylation sites (N-methyl/N-ethyl adjacent to an activating group) is 1. The smallest absolute Gasteiger partial charge is 0.336 e. The Hall–Kier alpha value is -3.80. The third-order valence-electron chi connectivity index (χ3n) is 5.84. The molecule has 0 fully saturated rings. The van der Waals surface area contributed by atoms with Crippen LogP contribution in [0.4, 0.5) is 5.69 Å². The van der Waals surface area contributed by atoms with Crippen molar-refractivity contribution in [1.82, 2.24) is 5.32 Å². The molecular formula is C27H28ClN3O5. The number of anilines is 1. The standard InChI is InChI=1S/C27H28ClN3O5/c1-4-35-27(34)25-22(16-32)30-17(2)23(24(25)21-8-6-5-7-18(21)15-29)26(33)36-14-13-31(3)20-11-9-19(28)10-12-20/h5-12,24,30,32H,4,13-14,16H2,1-3H3. The topological polar surface area (TPSA) is 112 Å². The number of carbonyl (C=O) groups excluding carboxylic acids is 2. The summed E-state index contributed by atoms with van der Waals surface area (Å²) in [6, 6.07) is 16.1. The minimum Gasteiger partial charge on any atom is -0.463 e. The number of nitrogens with one attached hydrogen (secondary N) is 1. The van der Waals surface area contributed by atoms with Gasteiger partial charge in [0.25, 0.3) is 0 Å². The predicted octanol–water partition coefficient (Wildman–Crippen LogP) is 3.66. The van der Waals surface area contributed by atoms with Crippen LogP contribution in [0.2, 0.25) is 5.02 Å². The van der Waals surface area contributed by atoms with Gasteiger partial charge in [-0.2, -0.15) is 5.26 Å². The zero-order valence-corrected chi connectivity index (χ0v) is 21.1. The van der Waals surface area contributed by atoms with Crippen molar-refractivity contribution in [3.8, 4) is 6.07 Å². The molecule has 1 heterocycles. The van der Waals surface area contributed by atoms with Crippen LogP contribution in [-0.2, 0) is 19.1 Å². The molecule has 0 saturated carbocycles. The molecule has 0 aliphatic carbocycles. The maximum absolute atomic E-state index is 13.4. The van der Waals surface area contributed by atoms with Gasteiger partial charge < -0.3 is 24.8 Å². The van der Waals surface area contributed by atoms with Gasteiger partial charge in [0.1, 0.15) is 6.61 Å². The SMILES string of the molecule is CCOC(=O)C1=C(CO)NC(C)=C(C(=O)OCCN(C)c2ccc(Cl)cc2)C1c1ccccc1C#N. The molecule has 0 bridgehead atoms. The summed E-state index contributed by atoms with van der Waals surface area (Å²) in [7, 11) is 1.87. The number of allylic oxidation sites excluding steroid dienone is 1. The molecule has 8 nitrogen and oxygen atoms in total. The Balaban J connectivity index is 1.93. The molecule has 0 radical (unpaired) electrons. The summed E-state index contributed by atoms with van der Waals surface area (Å²) in [4.78, 5) is 28.3. The van der Waals surface area contributed by atoms with Gasteiger partial charge in [-0.3, -0.25) is 0 Å². The first-order valence-corrected chi connectivity index (χ1v) is 11.8. The van der Waals surface area contributed by atoms with Gasteiger partial charge in [0.05, 0.1) is 54.2 Å². The van der Waals surface area contributed by atoms with E-state index in [4.69, 9.17) is 21.1 Å². The summed E-state index contributed by atoms with van der Waals surface area (Å²) in [6.45, 7) is 3.44. The molecule has 1 aliphatic rings. The summed E-state index contributed by atoms with van der Waals surface area (Å²) in [5.74, 6) is -2.28. The lowest BCUT2D eigenvalue weighted by Gasteiger charge is -2.31. The van der Waals surface area contributed by atoms with Crippen LogP contribution in [0.5, 0.6) is 0 Å². The Bertz CT molecular complexity index is 1230. The van der Waals surface area contributed by atoms with Crippen LogP contribution in [0.3, 0.4) is 0 Å². The second-order valence-electron chi connectivity index (χ2n) is 8.10. The van der Waals surface area contributed by atoms with Gasteiger partial charge >= 0.3 is 11.9 Å². The second-order valence-corrected chi connectivity index (χ2v) is 8.54. The van der Waals surface area contributed by atoms with E-state index >= 15 is 0 Å². The number of nitriles is 1. The highest BCUT2D eigenvalue weighted by molar-refractivity contribution is 6.30. The number of dihydropyridines is 1. The number of nitrogens with zero attached hydrogens (tertiary/aromatic N) is 2. The Kier molecular flexibility index (Phi) is 9.12. The van der Waals surface area contributed by atoms with Gasteiger partial charge in [-0.05, 0) is 49.7 Å². The van der Waals surface area contributed by atoms with E-state index in [1.54, 1.807) is 50.2 Å². The van der Waals surface area contributed by atoms with Crippen LogP contribution in [0.25, 0.3) is 0 Å². The van der Waals surface area contributed by atoms with Crippen LogP contribution in [0.15, 0.2) is 71.1 Å². The summed E-state index contributed by atoms with van der Waals surface area (Å²) < 4.78 is 10.9. The van der Waals surface area contributed by atoms with E-state index in [2.05, 4.69) is 11.4 Å². The number of hydrogen-bond donors (Lipinski definition) is 2. The molecule has 0 amide bonds. The van der Waals surface area contributed by atoms with Crippen molar-refractivity contribution in [2.45, 2.75) is 19.8 Å². The number of ether oxygens (including phenoxy) is 2. The predicted molar refractivity (Wildman–Crippen MR) is 136 cm³/mol. The van der Waals surface area contributed by atoms with E-state index in [0.717, 1.165) is 5.69 Å². The van der Waals surface area contributed by atoms with Gasteiger partial charge in [-0.15, -0.1) is 0 Å². The lowest BCUT2D eigenvalue weighted by Crippen LogP contribution is -2.35. The van der Waals surface area contributed by atoms with Gasteiger partial charge in [0.15, 0.2) is 0 Å². The molecule has 1 aliphatic heterocycles. The number of aliphatic hydroxyl groups excluding tert-OH is 1. The number of carbonyl (C=O) groups is 2. The molecule has 9 heteroatoms. The second kappa shape index (κ2) is 12.2. The molecule has 188 valence electrons. The average Bonchev–Trinajstić information content (AvgIpc) is 2.88. The lowest BCUT2D eigenvalue weighted by atomic mass is 9.78. The molecule has 0 saturated heterocycles. The molecule has 1 atom stereocenters. The molecule has 3 rings (SSSR count). The van der Waals surface area contributed by atoms with E-state index in [-0.39, 0.29) is 30.1 Å². The quantitative estimate of drug-likeness (QED) is 0.492. The third-order valence-corrected chi connectivity index (χ3v) is 6.09. The Morgan fingerprint density at radius 2 is 1.78 bits per heavy atom. The minimum atomic E-state index is -0.954. The van der Waals surface area contributed by atoms with E-state index in [9.17, 15) is 20.0 Å². The van der Waals surface area contributed by atoms with Crippen LogP contribution in [0.1, 0.15) is 30.9 Å². The summed E-state index contributed by atoms with van der Waals surface area (Å²) >= 11 is 5.95. The Labute approximate surface area is 215 Å². The molecule has 0 aromatic heterocycles. The van der Waals surface area contributed by atoms with Gasteiger partial charge in [-0.25, -0.2) is 9.59 Å². The normalized spacial score (nSPS) is 15.2. The van der Waals surface area contributed by atoms with Crippen molar-refractivity contribution in [3.05, 3.63) is 87.2 Å². The number of rotatable bonds is 9. The first-order chi connectivity index (χ1) is 17.3. The van der Waals surface area contributed by atoms with Crippen LogP contribution < -0.4 is 10.2 Å². The zero-order valence-electron chi connectivity index (χ0n) is 20.4. The zero-order chi connectivity index (χ0) is 26.2. The number of benzene rings is 2. The number of halogens is 1. The number of hydrogen-bond acceptors (Lipinski definition) is 8. The minimum absolute atomic E-state index is 0.0675. The van der Waals surface area contributed by atoms with Crippen LogP contribution >= 0.6 is 11.6 Å². The van der Waals surface area contributed by atoms with E-state index < -0.39 is 24.5 Å². The van der Waals surface area contributed by atoms with Crippen molar-refractivity contribution in [1.29, 1.82) is 5.26 Å². The number of aliphatic hydroxyl groups is 1. The Morgan fingerprint density at radius 1 is 1.11 bits per heavy atom. The van der Waals surface area contributed by atoms with Crippen molar-refractivity contribution >= 4 is 29.2 Å². The fourth-order valence-electron chi connectivity index (χ4n) is 4.08. The average molecular weight is 510 g/mol. The highest BCUT2D eigenvalue weighted by Gasteiger charge is 2.39. The fraction of sp³-hybridized carbons (Fsp3) is 0.296. The van der Waals surface area contributed by atoms with Crippen molar-refractivity contribution in [2.75, 3.05) is 38.3 Å². The van der Waals surface area contributed by atoms with Crippen LogP contribution in [-0.4, -0.2) is 50.5 Å². The van der Waals surface area contributed by atoms with Gasteiger partial charge in [0.2, 0.25) is 0 Å². The number of esters is 2. The first-order valence-electron chi connectivity index (χ1n) is 11.4. The third kappa shape index (κ3) is 5.88. The van der Waals surface area contributed by atoms with E-state index in [1.807, 2.05) is 24.1 Å². The lowest BCUT2D eigenvalue weighted by molar-refractivity contribution is -0.139. The van der Waals surface area contributed by atoms with Crippen LogP contribution in [0, 0.1) is 11.3 Å². The summed E-state index contributed by atoms with van der Waals surface area (Å²) in [5, 5.41) is 23.3. The highest BCUT2D eigenvalue weighted by atomic mass is 35.5. The molecule has 2 N–H and O–H groups in total. The first kappa shape index (κ1) is 26.8. The van der Waals surface area contributed by atoms with Gasteiger partial charge in [-0.1, -0.05) is 29.8 Å².